The summed E-state index contributed by atoms with van der Waals surface area (Å²) < 4.78 is 5.20. The first-order valence-corrected chi connectivity index (χ1v) is 6.51. The molecule has 0 saturated carbocycles. The molecule has 20 heavy (non-hydrogen) atoms. The van der Waals surface area contributed by atoms with Crippen molar-refractivity contribution in [1.29, 1.82) is 0 Å². The third kappa shape index (κ3) is 5.71. The van der Waals surface area contributed by atoms with Crippen LogP contribution in [0.4, 0.5) is 5.69 Å². The zero-order valence-electron chi connectivity index (χ0n) is 11.7. The van der Waals surface area contributed by atoms with Crippen LogP contribution in [0.2, 0.25) is 0 Å². The largest absolute Gasteiger partial charge is 0.399 e. The molecule has 0 aliphatic heterocycles. The maximum absolute atomic E-state index is 12.0. The molecule has 1 rings (SSSR count). The van der Waals surface area contributed by atoms with E-state index in [-0.39, 0.29) is 25.6 Å². The fraction of sp³-hybridized carbons (Fsp3) is 0.429. The minimum absolute atomic E-state index is 0.0521. The molecule has 110 valence electrons. The summed E-state index contributed by atoms with van der Waals surface area (Å²) in [4.78, 5) is 24.4. The molecule has 6 heteroatoms. The van der Waals surface area contributed by atoms with Gasteiger partial charge in [0.1, 0.15) is 6.61 Å². The van der Waals surface area contributed by atoms with E-state index in [1.54, 1.807) is 18.2 Å². The quantitative estimate of drug-likeness (QED) is 0.535. The number of ether oxygens (including phenoxy) is 1. The van der Waals surface area contributed by atoms with Gasteiger partial charge in [-0.1, -0.05) is 19.1 Å². The van der Waals surface area contributed by atoms with Gasteiger partial charge in [-0.15, -0.1) is 0 Å². The predicted octanol–water partition coefficient (Wildman–Crippen LogP) is 0.509. The highest BCUT2D eigenvalue weighted by atomic mass is 16.5. The predicted molar refractivity (Wildman–Crippen MR) is 76.6 cm³/mol. The first kappa shape index (κ1) is 16.0. The van der Waals surface area contributed by atoms with E-state index in [4.69, 9.17) is 16.2 Å². The fourth-order valence-corrected chi connectivity index (χ4v) is 1.73. The summed E-state index contributed by atoms with van der Waals surface area (Å²) >= 11 is 0. The Morgan fingerprint density at radius 1 is 1.35 bits per heavy atom. The second-order valence-electron chi connectivity index (χ2n) is 4.51. The molecule has 0 radical (unpaired) electrons. The summed E-state index contributed by atoms with van der Waals surface area (Å²) in [5, 5.41) is 0. The molecule has 0 spiro atoms. The highest BCUT2D eigenvalue weighted by Crippen LogP contribution is 2.10. The number of hydrogen-bond acceptors (Lipinski definition) is 4. The van der Waals surface area contributed by atoms with Gasteiger partial charge in [0, 0.05) is 18.8 Å². The number of carbonyl (C=O) groups excluding carboxylic acids is 2. The molecule has 0 saturated heterocycles. The lowest BCUT2D eigenvalue weighted by Crippen LogP contribution is -2.40. The number of amides is 2. The van der Waals surface area contributed by atoms with Gasteiger partial charge in [-0.3, -0.25) is 9.59 Å². The smallest absolute Gasteiger partial charge is 0.249 e. The van der Waals surface area contributed by atoms with Gasteiger partial charge in [0.15, 0.2) is 0 Å². The zero-order chi connectivity index (χ0) is 15.0. The molecule has 0 aliphatic rings. The van der Waals surface area contributed by atoms with Crippen molar-refractivity contribution in [2.45, 2.75) is 19.9 Å². The number of anilines is 1. The fourth-order valence-electron chi connectivity index (χ4n) is 1.73. The first-order chi connectivity index (χ1) is 9.52. The molecule has 0 unspecified atom stereocenters. The van der Waals surface area contributed by atoms with E-state index in [9.17, 15) is 9.59 Å². The van der Waals surface area contributed by atoms with Crippen LogP contribution in [0, 0.1) is 0 Å². The van der Waals surface area contributed by atoms with Crippen LogP contribution in [0.25, 0.3) is 0 Å². The molecular formula is C14H21N3O3. The van der Waals surface area contributed by atoms with E-state index >= 15 is 0 Å². The Balaban J connectivity index is 2.68. The number of primary amides is 1. The average Bonchev–Trinajstić information content (AvgIpc) is 2.37. The van der Waals surface area contributed by atoms with Gasteiger partial charge in [-0.2, -0.15) is 0 Å². The number of nitrogens with zero attached hydrogens (tertiary/aromatic N) is 1. The van der Waals surface area contributed by atoms with Crippen LogP contribution < -0.4 is 11.5 Å². The minimum atomic E-state index is -0.558. The lowest BCUT2D eigenvalue weighted by molar-refractivity contribution is -0.139. The second-order valence-corrected chi connectivity index (χ2v) is 4.51. The minimum Gasteiger partial charge on any atom is -0.399 e. The summed E-state index contributed by atoms with van der Waals surface area (Å²) in [5.74, 6) is -0.822. The number of nitrogen functional groups attached to an aromatic ring is 1. The Morgan fingerprint density at radius 2 is 2.10 bits per heavy atom. The topological polar surface area (TPSA) is 98.6 Å². The van der Waals surface area contributed by atoms with Crippen LogP contribution in [-0.4, -0.2) is 36.5 Å². The van der Waals surface area contributed by atoms with E-state index in [0.29, 0.717) is 12.3 Å². The summed E-state index contributed by atoms with van der Waals surface area (Å²) in [6.45, 7) is 2.56. The Labute approximate surface area is 118 Å². The van der Waals surface area contributed by atoms with E-state index < -0.39 is 5.91 Å². The van der Waals surface area contributed by atoms with Gasteiger partial charge in [-0.25, -0.2) is 0 Å². The molecule has 0 bridgehead atoms. The number of hydrogen-bond donors (Lipinski definition) is 2. The SMILES string of the molecule is CCCOCC(=O)N(CC(N)=O)Cc1cccc(N)c1. The van der Waals surface area contributed by atoms with Crippen molar-refractivity contribution < 1.29 is 14.3 Å². The van der Waals surface area contributed by atoms with Gasteiger partial charge in [0.2, 0.25) is 11.8 Å². The maximum Gasteiger partial charge on any atom is 0.249 e. The number of nitrogens with two attached hydrogens (primary N) is 2. The third-order valence-electron chi connectivity index (χ3n) is 2.60. The van der Waals surface area contributed by atoms with Crippen molar-refractivity contribution >= 4 is 17.5 Å². The maximum atomic E-state index is 12.0. The van der Waals surface area contributed by atoms with Crippen molar-refractivity contribution in [3.63, 3.8) is 0 Å². The average molecular weight is 279 g/mol. The van der Waals surface area contributed by atoms with Gasteiger partial charge < -0.3 is 21.1 Å². The summed E-state index contributed by atoms with van der Waals surface area (Å²) in [5.41, 5.74) is 12.3. The van der Waals surface area contributed by atoms with E-state index in [0.717, 1.165) is 12.0 Å². The Bertz CT molecular complexity index is 463. The second kappa shape index (κ2) is 8.16. The van der Waals surface area contributed by atoms with Crippen LogP contribution in [0.3, 0.4) is 0 Å². The standard InChI is InChI=1S/C14H21N3O3/c1-2-6-20-10-14(19)17(9-13(16)18)8-11-4-3-5-12(15)7-11/h3-5,7H,2,6,8-10,15H2,1H3,(H2,16,18). The summed E-state index contributed by atoms with van der Waals surface area (Å²) in [6, 6.07) is 7.15. The first-order valence-electron chi connectivity index (χ1n) is 6.51. The van der Waals surface area contributed by atoms with Gasteiger partial charge in [-0.05, 0) is 24.1 Å². The van der Waals surface area contributed by atoms with Crippen molar-refractivity contribution in [2.24, 2.45) is 5.73 Å². The van der Waals surface area contributed by atoms with Crippen molar-refractivity contribution in [3.8, 4) is 0 Å². The molecule has 0 fully saturated rings. The normalized spacial score (nSPS) is 10.2. The molecule has 0 heterocycles. The monoisotopic (exact) mass is 279 g/mol. The van der Waals surface area contributed by atoms with Gasteiger partial charge in [0.25, 0.3) is 0 Å². The summed E-state index contributed by atoms with van der Waals surface area (Å²) in [7, 11) is 0. The lowest BCUT2D eigenvalue weighted by Gasteiger charge is -2.21. The Morgan fingerprint density at radius 3 is 2.70 bits per heavy atom. The van der Waals surface area contributed by atoms with Crippen molar-refractivity contribution in [1.82, 2.24) is 4.90 Å². The lowest BCUT2D eigenvalue weighted by atomic mass is 10.2. The van der Waals surface area contributed by atoms with Crippen molar-refractivity contribution in [2.75, 3.05) is 25.5 Å². The molecule has 1 aromatic carbocycles. The number of carbonyl (C=O) groups is 2. The molecule has 0 aromatic heterocycles. The van der Waals surface area contributed by atoms with E-state index in [2.05, 4.69) is 0 Å². The van der Waals surface area contributed by atoms with Crippen LogP contribution in [-0.2, 0) is 20.9 Å². The molecule has 6 nitrogen and oxygen atoms in total. The van der Waals surface area contributed by atoms with Gasteiger partial charge >= 0.3 is 0 Å². The third-order valence-corrected chi connectivity index (χ3v) is 2.60. The zero-order valence-corrected chi connectivity index (χ0v) is 11.7. The highest BCUT2D eigenvalue weighted by molar-refractivity contribution is 5.84. The Hall–Kier alpha value is -2.08. The van der Waals surface area contributed by atoms with Crippen LogP contribution in [0.5, 0.6) is 0 Å². The van der Waals surface area contributed by atoms with Gasteiger partial charge in [0.05, 0.1) is 6.54 Å². The molecule has 4 N–H and O–H groups in total. The van der Waals surface area contributed by atoms with E-state index in [1.807, 2.05) is 13.0 Å². The Kier molecular flexibility index (Phi) is 6.52. The van der Waals surface area contributed by atoms with E-state index in [1.165, 1.54) is 4.90 Å². The summed E-state index contributed by atoms with van der Waals surface area (Å²) in [6.07, 6.45) is 0.832. The van der Waals surface area contributed by atoms with Crippen molar-refractivity contribution in [3.05, 3.63) is 29.8 Å². The molecule has 2 amide bonds. The van der Waals surface area contributed by atoms with Crippen LogP contribution >= 0.6 is 0 Å². The van der Waals surface area contributed by atoms with Crippen LogP contribution in [0.15, 0.2) is 24.3 Å². The van der Waals surface area contributed by atoms with Crippen LogP contribution in [0.1, 0.15) is 18.9 Å². The molecule has 0 atom stereocenters. The molecule has 0 aliphatic carbocycles. The highest BCUT2D eigenvalue weighted by Gasteiger charge is 2.16. The number of rotatable bonds is 8. The molecule has 1 aromatic rings. The molecular weight excluding hydrogens is 258 g/mol. The number of benzene rings is 1.